The van der Waals surface area contributed by atoms with Crippen LogP contribution in [0, 0.1) is 17.8 Å². The number of likely N-dealkylation sites (N-methyl/N-ethyl adjacent to an activating group) is 1. The topological polar surface area (TPSA) is 67.2 Å². The Morgan fingerprint density at radius 3 is 2.69 bits per heavy atom. The van der Waals surface area contributed by atoms with Gasteiger partial charge in [-0.15, -0.1) is 0 Å². The van der Waals surface area contributed by atoms with Crippen LogP contribution in [-0.2, 0) is 5.41 Å². The molecular weight excluding hydrogens is 506 g/mol. The highest BCUT2D eigenvalue weighted by atomic mass is 79.9. The Labute approximate surface area is 217 Å². The molecule has 11 atom stereocenters. The Kier molecular flexibility index (Phi) is 5.29. The average Bonchev–Trinajstić information content (AvgIpc) is 3.22. The van der Waals surface area contributed by atoms with Crippen molar-refractivity contribution in [2.75, 3.05) is 38.1 Å². The number of aliphatic hydroxyl groups excluding tert-OH is 3. The van der Waals surface area contributed by atoms with Gasteiger partial charge in [-0.1, -0.05) is 29.3 Å². The molecule has 5 saturated heterocycles. The lowest BCUT2D eigenvalue weighted by Gasteiger charge is -2.68. The third-order valence-corrected chi connectivity index (χ3v) is 12.1. The molecule has 6 heterocycles. The van der Waals surface area contributed by atoms with E-state index in [2.05, 4.69) is 57.9 Å². The number of fused-ring (bicyclic) bond motifs is 2. The number of halogens is 1. The minimum Gasteiger partial charge on any atom is -0.392 e. The number of β-amino-alcohol motifs (C(OH)–C–C–N with tert-alkyl or cyclic N) is 1. The zero-order valence-corrected chi connectivity index (χ0v) is 22.6. The summed E-state index contributed by atoms with van der Waals surface area (Å²) in [4.78, 5) is 4.85. The fourth-order valence-electron chi connectivity index (χ4n) is 10.6. The third-order valence-electron chi connectivity index (χ3n) is 11.6. The van der Waals surface area contributed by atoms with Crippen LogP contribution in [0.1, 0.15) is 51.0 Å². The molecule has 3 N–H and O–H groups in total. The number of quaternary nitrogens is 1. The van der Waals surface area contributed by atoms with Crippen molar-refractivity contribution in [3.05, 3.63) is 28.2 Å². The lowest BCUT2D eigenvalue weighted by Crippen LogP contribution is -2.84. The van der Waals surface area contributed by atoms with Gasteiger partial charge < -0.3 is 25.1 Å². The summed E-state index contributed by atoms with van der Waals surface area (Å²) >= 11 is 3.71. The molecule has 8 rings (SSSR count). The molecule has 1 aromatic rings. The first-order valence-corrected chi connectivity index (χ1v) is 14.8. The second kappa shape index (κ2) is 7.90. The molecule has 0 aromatic heterocycles. The quantitative estimate of drug-likeness (QED) is 0.495. The SMILES string of the molecule is CC[C@H]1[C@@H]2C[C@H]3[C@@H]4N(C)c5ccc(Br)cc5[C@]45C[C@@H](C2C5O)[N+]3(C[C@H](O)CN2CCCCC2)[C@@H]1O. The van der Waals surface area contributed by atoms with Crippen molar-refractivity contribution < 1.29 is 19.8 Å². The zero-order chi connectivity index (χ0) is 24.3. The first-order valence-electron chi connectivity index (χ1n) is 14.0. The van der Waals surface area contributed by atoms with Gasteiger partial charge in [-0.3, -0.25) is 4.48 Å². The van der Waals surface area contributed by atoms with Crippen LogP contribution in [-0.4, -0.2) is 94.5 Å². The minimum atomic E-state index is -0.452. The summed E-state index contributed by atoms with van der Waals surface area (Å²) in [7, 11) is 2.20. The van der Waals surface area contributed by atoms with E-state index in [0.29, 0.717) is 23.5 Å². The van der Waals surface area contributed by atoms with Gasteiger partial charge in [-0.25, -0.2) is 0 Å². The van der Waals surface area contributed by atoms with Gasteiger partial charge in [0, 0.05) is 48.4 Å². The first kappa shape index (κ1) is 23.4. The van der Waals surface area contributed by atoms with E-state index >= 15 is 0 Å². The number of hydrogen-bond acceptors (Lipinski definition) is 5. The molecule has 0 amide bonds. The monoisotopic (exact) mass is 546 g/mol. The van der Waals surface area contributed by atoms with Crippen LogP contribution < -0.4 is 4.90 Å². The highest BCUT2D eigenvalue weighted by Gasteiger charge is 2.83. The maximum atomic E-state index is 12.2. The normalized spacial score (nSPS) is 48.3. The van der Waals surface area contributed by atoms with E-state index in [-0.39, 0.29) is 35.4 Å². The van der Waals surface area contributed by atoms with Crippen molar-refractivity contribution in [3.63, 3.8) is 0 Å². The predicted octanol–water partition coefficient (Wildman–Crippen LogP) is 2.68. The molecule has 0 radical (unpaired) electrons. The summed E-state index contributed by atoms with van der Waals surface area (Å²) in [5, 5.41) is 35.9. The summed E-state index contributed by atoms with van der Waals surface area (Å²) in [6.45, 7) is 5.67. The van der Waals surface area contributed by atoms with Gasteiger partial charge in [0.1, 0.15) is 18.7 Å². The number of anilines is 1. The van der Waals surface area contributed by atoms with Gasteiger partial charge in [-0.2, -0.15) is 0 Å². The molecule has 35 heavy (non-hydrogen) atoms. The Hall–Kier alpha value is -0.700. The number of hydrogen-bond donors (Lipinski definition) is 3. The standard InChI is InChI=1S/C28H41BrN3O3/c1-3-18-19-12-22-25-28(20-11-16(29)7-8-21(20)30(25)2)13-23(24(19)26(28)34)32(22,27(18)35)15-17(33)14-31-9-5-4-6-10-31/h7-8,11,17-19,22-27,33-35H,3-6,9-10,12-15H2,1-2H3/q+1/t17-,18+,19+,22+,23+,24?,25+,26?,27-,28-,32?/m1/s1. The van der Waals surface area contributed by atoms with Gasteiger partial charge in [0.25, 0.3) is 0 Å². The molecular formula is C28H41BrN3O3+. The molecule has 1 spiro atoms. The highest BCUT2D eigenvalue weighted by molar-refractivity contribution is 9.10. The van der Waals surface area contributed by atoms with Gasteiger partial charge >= 0.3 is 0 Å². The van der Waals surface area contributed by atoms with Crippen molar-refractivity contribution in [1.29, 1.82) is 0 Å². The van der Waals surface area contributed by atoms with Crippen molar-refractivity contribution in [3.8, 4) is 0 Å². The summed E-state index contributed by atoms with van der Waals surface area (Å²) in [5.41, 5.74) is 2.25. The number of piperidine rings is 5. The Balaban J connectivity index is 1.33. The number of aliphatic hydroxyl groups is 3. The van der Waals surface area contributed by atoms with Gasteiger partial charge in [-0.05, 0) is 62.0 Å². The van der Waals surface area contributed by atoms with Crippen molar-refractivity contribution in [2.24, 2.45) is 17.8 Å². The van der Waals surface area contributed by atoms with Crippen LogP contribution in [0.2, 0.25) is 0 Å². The molecule has 6 aliphatic heterocycles. The fourth-order valence-corrected chi connectivity index (χ4v) is 11.0. The molecule has 192 valence electrons. The maximum absolute atomic E-state index is 12.2. The molecule has 5 bridgehead atoms. The zero-order valence-electron chi connectivity index (χ0n) is 21.1. The van der Waals surface area contributed by atoms with Crippen LogP contribution in [0.25, 0.3) is 0 Å². The average molecular weight is 548 g/mol. The van der Waals surface area contributed by atoms with E-state index in [1.807, 2.05) is 0 Å². The van der Waals surface area contributed by atoms with Gasteiger partial charge in [0.15, 0.2) is 6.23 Å². The fraction of sp³-hybridized carbons (Fsp3) is 0.786. The second-order valence-electron chi connectivity index (χ2n) is 12.7. The van der Waals surface area contributed by atoms with E-state index in [9.17, 15) is 15.3 Å². The van der Waals surface area contributed by atoms with Crippen LogP contribution in [0.15, 0.2) is 22.7 Å². The van der Waals surface area contributed by atoms with E-state index in [4.69, 9.17) is 0 Å². The minimum absolute atomic E-state index is 0.155. The number of likely N-dealkylation sites (tertiary alicyclic amines) is 1. The molecule has 7 aliphatic rings. The lowest BCUT2D eigenvalue weighted by molar-refractivity contribution is -1.04. The second-order valence-corrected chi connectivity index (χ2v) is 13.6. The lowest BCUT2D eigenvalue weighted by atomic mass is 9.60. The molecule has 1 aromatic carbocycles. The summed E-state index contributed by atoms with van der Waals surface area (Å²) < 4.78 is 1.68. The van der Waals surface area contributed by atoms with Crippen molar-refractivity contribution in [2.45, 2.75) is 87.4 Å². The van der Waals surface area contributed by atoms with E-state index in [1.54, 1.807) is 0 Å². The van der Waals surface area contributed by atoms with Gasteiger partial charge in [0.05, 0.1) is 23.6 Å². The molecule has 6 fully saturated rings. The maximum Gasteiger partial charge on any atom is 0.194 e. The van der Waals surface area contributed by atoms with E-state index in [0.717, 1.165) is 36.8 Å². The molecule has 6 nitrogen and oxygen atoms in total. The van der Waals surface area contributed by atoms with E-state index in [1.165, 1.54) is 30.5 Å². The largest absolute Gasteiger partial charge is 0.392 e. The van der Waals surface area contributed by atoms with Crippen molar-refractivity contribution >= 4 is 21.6 Å². The summed E-state index contributed by atoms with van der Waals surface area (Å²) in [5.74, 6) is 0.768. The Bertz CT molecular complexity index is 1020. The van der Waals surface area contributed by atoms with Crippen LogP contribution in [0.5, 0.6) is 0 Å². The van der Waals surface area contributed by atoms with Crippen LogP contribution in [0.3, 0.4) is 0 Å². The molecule has 1 aliphatic carbocycles. The van der Waals surface area contributed by atoms with E-state index < -0.39 is 18.4 Å². The first-order chi connectivity index (χ1) is 16.8. The number of benzene rings is 1. The smallest absolute Gasteiger partial charge is 0.194 e. The predicted molar refractivity (Wildman–Crippen MR) is 139 cm³/mol. The summed E-state index contributed by atoms with van der Waals surface area (Å²) in [6, 6.07) is 7.18. The van der Waals surface area contributed by atoms with Gasteiger partial charge in [0.2, 0.25) is 0 Å². The Morgan fingerprint density at radius 2 is 1.94 bits per heavy atom. The van der Waals surface area contributed by atoms with Crippen molar-refractivity contribution in [1.82, 2.24) is 4.90 Å². The molecule has 3 unspecified atom stereocenters. The Morgan fingerprint density at radius 1 is 1.17 bits per heavy atom. The third kappa shape index (κ3) is 2.78. The van der Waals surface area contributed by atoms with Crippen LogP contribution >= 0.6 is 15.9 Å². The number of nitrogens with zero attached hydrogens (tertiary/aromatic N) is 3. The summed E-state index contributed by atoms with van der Waals surface area (Å²) in [6.07, 6.45) is 5.33. The number of rotatable bonds is 5. The molecule has 1 saturated carbocycles. The van der Waals surface area contributed by atoms with Crippen LogP contribution in [0.4, 0.5) is 5.69 Å². The highest BCUT2D eigenvalue weighted by Crippen LogP contribution is 2.71. The molecule has 7 heteroatoms.